The van der Waals surface area contributed by atoms with Crippen molar-refractivity contribution in [2.75, 3.05) is 11.9 Å². The maximum Gasteiger partial charge on any atom is 0.251 e. The summed E-state index contributed by atoms with van der Waals surface area (Å²) in [6.07, 6.45) is 6.64. The molecule has 0 saturated heterocycles. The van der Waals surface area contributed by atoms with Gasteiger partial charge in [-0.2, -0.15) is 0 Å². The van der Waals surface area contributed by atoms with Crippen molar-refractivity contribution >= 4 is 32.9 Å². The highest BCUT2D eigenvalue weighted by Crippen LogP contribution is 2.13. The number of rotatable bonds is 7. The summed E-state index contributed by atoms with van der Waals surface area (Å²) in [6.45, 7) is 2.89. The molecule has 21 heavy (non-hydrogen) atoms. The molecule has 0 radical (unpaired) electrons. The standard InChI is InChI=1S/C16H20BrN3O/c1-2-3-12(6-7-17)11-20-16(21)13-4-5-14-15(10-13)19-9-8-18-14/h4-5,8-10,12H,2-3,6-7,11H2,1H3,(H,20,21). The highest BCUT2D eigenvalue weighted by Gasteiger charge is 2.11. The maximum absolute atomic E-state index is 12.2. The number of carbonyl (C=O) groups excluding carboxylic acids is 1. The molecule has 1 heterocycles. The van der Waals surface area contributed by atoms with Gasteiger partial charge in [0.05, 0.1) is 11.0 Å². The van der Waals surface area contributed by atoms with Crippen LogP contribution in [0.5, 0.6) is 0 Å². The topological polar surface area (TPSA) is 54.9 Å². The zero-order valence-corrected chi connectivity index (χ0v) is 13.8. The van der Waals surface area contributed by atoms with E-state index in [1.807, 2.05) is 6.07 Å². The number of hydrogen-bond donors (Lipinski definition) is 1. The predicted octanol–water partition coefficient (Wildman–Crippen LogP) is 3.56. The minimum absolute atomic E-state index is 0.0433. The van der Waals surface area contributed by atoms with E-state index < -0.39 is 0 Å². The lowest BCUT2D eigenvalue weighted by molar-refractivity contribution is 0.0946. The molecular formula is C16H20BrN3O. The Morgan fingerprint density at radius 3 is 2.71 bits per heavy atom. The smallest absolute Gasteiger partial charge is 0.251 e. The van der Waals surface area contributed by atoms with Crippen molar-refractivity contribution in [3.8, 4) is 0 Å². The zero-order chi connectivity index (χ0) is 15.1. The van der Waals surface area contributed by atoms with E-state index in [2.05, 4.69) is 38.1 Å². The van der Waals surface area contributed by atoms with Crippen molar-refractivity contribution in [2.45, 2.75) is 26.2 Å². The molecule has 1 unspecified atom stereocenters. The van der Waals surface area contributed by atoms with Gasteiger partial charge in [-0.15, -0.1) is 0 Å². The van der Waals surface area contributed by atoms with Gasteiger partial charge in [0.2, 0.25) is 0 Å². The average Bonchev–Trinajstić information content (AvgIpc) is 2.52. The van der Waals surface area contributed by atoms with E-state index in [0.717, 1.165) is 42.2 Å². The predicted molar refractivity (Wildman–Crippen MR) is 88.7 cm³/mol. The first-order chi connectivity index (χ1) is 10.2. The van der Waals surface area contributed by atoms with Gasteiger partial charge in [-0.1, -0.05) is 29.3 Å². The van der Waals surface area contributed by atoms with Crippen LogP contribution in [0.25, 0.3) is 11.0 Å². The Bertz CT molecular complexity index is 597. The summed E-state index contributed by atoms with van der Waals surface area (Å²) in [5, 5.41) is 4.00. The second kappa shape index (κ2) is 8.08. The number of aromatic nitrogens is 2. The molecule has 0 aliphatic rings. The van der Waals surface area contributed by atoms with Crippen LogP contribution in [0.4, 0.5) is 0 Å². The monoisotopic (exact) mass is 349 g/mol. The van der Waals surface area contributed by atoms with Gasteiger partial charge in [-0.25, -0.2) is 0 Å². The van der Waals surface area contributed by atoms with Crippen LogP contribution in [0.1, 0.15) is 36.5 Å². The van der Waals surface area contributed by atoms with Crippen molar-refractivity contribution in [3.63, 3.8) is 0 Å². The number of alkyl halides is 1. The van der Waals surface area contributed by atoms with Crippen LogP contribution in [-0.2, 0) is 0 Å². The van der Waals surface area contributed by atoms with Gasteiger partial charge in [0.15, 0.2) is 0 Å². The first kappa shape index (κ1) is 15.9. The van der Waals surface area contributed by atoms with Crippen LogP contribution < -0.4 is 5.32 Å². The van der Waals surface area contributed by atoms with E-state index >= 15 is 0 Å². The summed E-state index contributed by atoms with van der Waals surface area (Å²) in [7, 11) is 0. The second-order valence-corrected chi connectivity index (χ2v) is 5.90. The van der Waals surface area contributed by atoms with Gasteiger partial charge in [-0.05, 0) is 37.0 Å². The number of amides is 1. The molecule has 4 nitrogen and oxygen atoms in total. The first-order valence-electron chi connectivity index (χ1n) is 7.29. The van der Waals surface area contributed by atoms with Gasteiger partial charge >= 0.3 is 0 Å². The van der Waals surface area contributed by atoms with E-state index in [-0.39, 0.29) is 5.91 Å². The third-order valence-electron chi connectivity index (χ3n) is 3.50. The number of carbonyl (C=O) groups is 1. The van der Waals surface area contributed by atoms with Gasteiger partial charge in [0, 0.05) is 29.8 Å². The Balaban J connectivity index is 2.01. The number of nitrogens with zero attached hydrogens (tertiary/aromatic N) is 2. The molecule has 0 aliphatic heterocycles. The fourth-order valence-electron chi connectivity index (χ4n) is 2.35. The molecular weight excluding hydrogens is 330 g/mol. The minimum Gasteiger partial charge on any atom is -0.352 e. The van der Waals surface area contributed by atoms with Crippen LogP contribution in [0.2, 0.25) is 0 Å². The average molecular weight is 350 g/mol. The van der Waals surface area contributed by atoms with E-state index in [1.54, 1.807) is 24.5 Å². The van der Waals surface area contributed by atoms with Crippen LogP contribution in [0.15, 0.2) is 30.6 Å². The van der Waals surface area contributed by atoms with Gasteiger partial charge in [0.1, 0.15) is 0 Å². The Labute approximate surface area is 133 Å². The Kier molecular flexibility index (Phi) is 6.11. The fraction of sp³-hybridized carbons (Fsp3) is 0.438. The lowest BCUT2D eigenvalue weighted by Gasteiger charge is -2.15. The number of fused-ring (bicyclic) bond motifs is 1. The Hall–Kier alpha value is -1.49. The molecule has 0 bridgehead atoms. The molecule has 0 aliphatic carbocycles. The zero-order valence-electron chi connectivity index (χ0n) is 12.2. The van der Waals surface area contributed by atoms with E-state index in [4.69, 9.17) is 0 Å². The largest absolute Gasteiger partial charge is 0.352 e. The first-order valence-corrected chi connectivity index (χ1v) is 8.41. The Morgan fingerprint density at radius 1 is 1.24 bits per heavy atom. The minimum atomic E-state index is -0.0433. The SMILES string of the molecule is CCCC(CCBr)CNC(=O)c1ccc2nccnc2c1. The third-order valence-corrected chi connectivity index (χ3v) is 3.95. The summed E-state index contributed by atoms with van der Waals surface area (Å²) < 4.78 is 0. The summed E-state index contributed by atoms with van der Waals surface area (Å²) in [4.78, 5) is 20.7. The van der Waals surface area contributed by atoms with Crippen LogP contribution >= 0.6 is 15.9 Å². The molecule has 5 heteroatoms. The molecule has 2 rings (SSSR count). The van der Waals surface area contributed by atoms with Crippen LogP contribution in [0, 0.1) is 5.92 Å². The molecule has 2 aromatic rings. The fourth-order valence-corrected chi connectivity index (χ4v) is 3.00. The van der Waals surface area contributed by atoms with Crippen LogP contribution in [-0.4, -0.2) is 27.7 Å². The molecule has 0 spiro atoms. The Morgan fingerprint density at radius 2 is 2.00 bits per heavy atom. The highest BCUT2D eigenvalue weighted by molar-refractivity contribution is 9.09. The van der Waals surface area contributed by atoms with Gasteiger partial charge < -0.3 is 5.32 Å². The molecule has 1 N–H and O–H groups in total. The van der Waals surface area contributed by atoms with Crippen molar-refractivity contribution in [3.05, 3.63) is 36.2 Å². The number of halogens is 1. The molecule has 112 valence electrons. The van der Waals surface area contributed by atoms with Crippen molar-refractivity contribution in [1.82, 2.24) is 15.3 Å². The molecule has 1 amide bonds. The number of benzene rings is 1. The summed E-state index contributed by atoms with van der Waals surface area (Å²) in [5.41, 5.74) is 2.19. The van der Waals surface area contributed by atoms with Crippen LogP contribution in [0.3, 0.4) is 0 Å². The van der Waals surface area contributed by atoms with Crippen molar-refractivity contribution in [2.24, 2.45) is 5.92 Å². The molecule has 0 fully saturated rings. The molecule has 1 aromatic heterocycles. The maximum atomic E-state index is 12.2. The van der Waals surface area contributed by atoms with E-state index in [9.17, 15) is 4.79 Å². The van der Waals surface area contributed by atoms with E-state index in [1.165, 1.54) is 0 Å². The van der Waals surface area contributed by atoms with E-state index in [0.29, 0.717) is 11.5 Å². The lowest BCUT2D eigenvalue weighted by atomic mass is 10.0. The quantitative estimate of drug-likeness (QED) is 0.777. The summed E-state index contributed by atoms with van der Waals surface area (Å²) in [6, 6.07) is 5.42. The summed E-state index contributed by atoms with van der Waals surface area (Å²) in [5.74, 6) is 0.483. The molecule has 1 aromatic carbocycles. The number of nitrogens with one attached hydrogen (secondary N) is 1. The van der Waals surface area contributed by atoms with Crippen molar-refractivity contribution in [1.29, 1.82) is 0 Å². The summed E-state index contributed by atoms with van der Waals surface area (Å²) >= 11 is 3.47. The molecule has 0 saturated carbocycles. The highest BCUT2D eigenvalue weighted by atomic mass is 79.9. The molecule has 1 atom stereocenters. The normalized spacial score (nSPS) is 12.3. The number of hydrogen-bond acceptors (Lipinski definition) is 3. The van der Waals surface area contributed by atoms with Crippen molar-refractivity contribution < 1.29 is 4.79 Å². The lowest BCUT2D eigenvalue weighted by Crippen LogP contribution is -2.29. The second-order valence-electron chi connectivity index (χ2n) is 5.10. The third kappa shape index (κ3) is 4.49. The van der Waals surface area contributed by atoms with Gasteiger partial charge in [0.25, 0.3) is 5.91 Å². The van der Waals surface area contributed by atoms with Gasteiger partial charge in [-0.3, -0.25) is 14.8 Å².